The topological polar surface area (TPSA) is 103 Å². The Morgan fingerprint density at radius 2 is 1.92 bits per heavy atom. The van der Waals surface area contributed by atoms with Crippen LogP contribution in [0.5, 0.6) is 0 Å². The zero-order valence-electron chi connectivity index (χ0n) is 13.8. The highest BCUT2D eigenvalue weighted by Crippen LogP contribution is 2.37. The van der Waals surface area contributed by atoms with E-state index in [9.17, 15) is 14.4 Å². The van der Waals surface area contributed by atoms with E-state index in [2.05, 4.69) is 0 Å². The van der Waals surface area contributed by atoms with Gasteiger partial charge in [0, 0.05) is 17.3 Å². The maximum Gasteiger partial charge on any atom is 0.342 e. The van der Waals surface area contributed by atoms with Crippen molar-refractivity contribution in [3.63, 3.8) is 0 Å². The number of nitrogens with zero attached hydrogens (tertiary/aromatic N) is 1. The zero-order valence-corrected chi connectivity index (χ0v) is 14.6. The minimum absolute atomic E-state index is 0.509. The number of thiophene rings is 1. The highest BCUT2D eigenvalue weighted by molar-refractivity contribution is 7.15. The third kappa shape index (κ3) is 3.58. The third-order valence-corrected chi connectivity index (χ3v) is 5.40. The summed E-state index contributed by atoms with van der Waals surface area (Å²) in [4.78, 5) is 36.5. The van der Waals surface area contributed by atoms with E-state index in [1.807, 2.05) is 34.4 Å². The maximum absolute atomic E-state index is 12.8. The van der Waals surface area contributed by atoms with Crippen molar-refractivity contribution in [2.75, 3.05) is 0 Å². The number of carbonyl (C=O) groups is 3. The predicted molar refractivity (Wildman–Crippen MR) is 92.9 cm³/mol. The van der Waals surface area contributed by atoms with Crippen LogP contribution in [0.2, 0.25) is 0 Å². The number of nitrogens with one attached hydrogen (secondary N) is 1. The number of esters is 1. The van der Waals surface area contributed by atoms with Gasteiger partial charge in [0.25, 0.3) is 5.91 Å². The standard InChI is InChI=1S/C17H19N3O4S/c1-10(14(21)19-17(18)23)24-16(22)13-11-6-2-3-7-12(11)25-15(13)20-8-4-5-9-20/h4-5,8-10H,2-3,6-7H2,1H3,(H3,18,19,21,23)/t10-/m0/s1. The van der Waals surface area contributed by atoms with Crippen molar-refractivity contribution in [3.8, 4) is 5.00 Å². The highest BCUT2D eigenvalue weighted by atomic mass is 32.1. The molecule has 2 aromatic rings. The fourth-order valence-corrected chi connectivity index (χ4v) is 4.25. The number of fused-ring (bicyclic) bond motifs is 1. The molecule has 0 saturated heterocycles. The van der Waals surface area contributed by atoms with Crippen molar-refractivity contribution < 1.29 is 19.1 Å². The minimum atomic E-state index is -1.11. The Bertz CT molecular complexity index is 810. The van der Waals surface area contributed by atoms with Gasteiger partial charge in [-0.25, -0.2) is 9.59 Å². The quantitative estimate of drug-likeness (QED) is 0.814. The molecule has 2 aromatic heterocycles. The Balaban J connectivity index is 1.90. The van der Waals surface area contributed by atoms with Gasteiger partial charge in [0.05, 0.1) is 5.56 Å². The molecule has 1 aliphatic rings. The first-order valence-electron chi connectivity index (χ1n) is 8.06. The van der Waals surface area contributed by atoms with Crippen LogP contribution >= 0.6 is 11.3 Å². The van der Waals surface area contributed by atoms with E-state index in [1.165, 1.54) is 11.8 Å². The van der Waals surface area contributed by atoms with Crippen LogP contribution in [0, 0.1) is 0 Å². The van der Waals surface area contributed by atoms with Gasteiger partial charge in [0.15, 0.2) is 6.10 Å². The van der Waals surface area contributed by atoms with Crippen LogP contribution < -0.4 is 11.1 Å². The van der Waals surface area contributed by atoms with Crippen molar-refractivity contribution >= 4 is 29.2 Å². The van der Waals surface area contributed by atoms with Crippen LogP contribution in [-0.2, 0) is 22.4 Å². The molecule has 0 spiro atoms. The summed E-state index contributed by atoms with van der Waals surface area (Å²) in [7, 11) is 0. The van der Waals surface area contributed by atoms with Crippen LogP contribution in [0.4, 0.5) is 4.79 Å². The second-order valence-corrected chi connectivity index (χ2v) is 6.97. The summed E-state index contributed by atoms with van der Waals surface area (Å²) >= 11 is 1.58. The zero-order chi connectivity index (χ0) is 18.0. The molecular weight excluding hydrogens is 342 g/mol. The van der Waals surface area contributed by atoms with Crippen molar-refractivity contribution in [1.82, 2.24) is 9.88 Å². The SMILES string of the molecule is C[C@H](OC(=O)c1c(-n2cccc2)sc2c1CCCC2)C(=O)NC(N)=O. The van der Waals surface area contributed by atoms with E-state index < -0.39 is 24.0 Å². The van der Waals surface area contributed by atoms with Crippen LogP contribution in [0.3, 0.4) is 0 Å². The molecule has 3 N–H and O–H groups in total. The molecule has 25 heavy (non-hydrogen) atoms. The number of amides is 3. The molecule has 1 atom stereocenters. The second-order valence-electron chi connectivity index (χ2n) is 5.88. The summed E-state index contributed by atoms with van der Waals surface area (Å²) in [5.74, 6) is -1.30. The number of urea groups is 1. The first-order valence-corrected chi connectivity index (χ1v) is 8.88. The molecular formula is C17H19N3O4S. The number of aryl methyl sites for hydroxylation is 1. The number of nitrogens with two attached hydrogens (primary N) is 1. The van der Waals surface area contributed by atoms with Crippen molar-refractivity contribution in [2.45, 2.75) is 38.7 Å². The van der Waals surface area contributed by atoms with Gasteiger partial charge in [-0.2, -0.15) is 0 Å². The molecule has 0 aliphatic heterocycles. The molecule has 3 rings (SSSR count). The van der Waals surface area contributed by atoms with E-state index in [0.717, 1.165) is 36.2 Å². The van der Waals surface area contributed by atoms with Crippen molar-refractivity contribution in [1.29, 1.82) is 0 Å². The third-order valence-electron chi connectivity index (χ3n) is 4.10. The fourth-order valence-electron chi connectivity index (χ4n) is 2.91. The molecule has 8 heteroatoms. The van der Waals surface area contributed by atoms with E-state index >= 15 is 0 Å². The Labute approximate surface area is 148 Å². The number of ether oxygens (including phenoxy) is 1. The molecule has 0 unspecified atom stereocenters. The first-order chi connectivity index (χ1) is 12.0. The lowest BCUT2D eigenvalue weighted by Crippen LogP contribution is -2.42. The molecule has 7 nitrogen and oxygen atoms in total. The average molecular weight is 361 g/mol. The van der Waals surface area contributed by atoms with Gasteiger partial charge >= 0.3 is 12.0 Å². The lowest BCUT2D eigenvalue weighted by molar-refractivity contribution is -0.127. The van der Waals surface area contributed by atoms with Gasteiger partial charge in [-0.3, -0.25) is 10.1 Å². The van der Waals surface area contributed by atoms with Crippen LogP contribution in [0.1, 0.15) is 40.6 Å². The normalized spacial score (nSPS) is 14.4. The monoisotopic (exact) mass is 361 g/mol. The van der Waals surface area contributed by atoms with E-state index in [1.54, 1.807) is 11.3 Å². The molecule has 132 valence electrons. The first kappa shape index (κ1) is 17.2. The van der Waals surface area contributed by atoms with E-state index in [4.69, 9.17) is 10.5 Å². The number of hydrogen-bond donors (Lipinski definition) is 2. The summed E-state index contributed by atoms with van der Waals surface area (Å²) < 4.78 is 7.18. The Morgan fingerprint density at radius 3 is 2.60 bits per heavy atom. The van der Waals surface area contributed by atoms with Crippen molar-refractivity contribution in [3.05, 3.63) is 40.5 Å². The lowest BCUT2D eigenvalue weighted by Gasteiger charge is -2.15. The summed E-state index contributed by atoms with van der Waals surface area (Å²) in [6.07, 6.45) is 6.52. The molecule has 0 bridgehead atoms. The predicted octanol–water partition coefficient (Wildman–Crippen LogP) is 2.16. The van der Waals surface area contributed by atoms with Gasteiger partial charge in [-0.15, -0.1) is 11.3 Å². The Hall–Kier alpha value is -2.61. The van der Waals surface area contributed by atoms with E-state index in [0.29, 0.717) is 5.56 Å². The molecule has 3 amide bonds. The molecule has 0 radical (unpaired) electrons. The lowest BCUT2D eigenvalue weighted by atomic mass is 9.95. The van der Waals surface area contributed by atoms with Gasteiger partial charge in [-0.1, -0.05) is 0 Å². The van der Waals surface area contributed by atoms with Gasteiger partial charge in [-0.05, 0) is 50.3 Å². The van der Waals surface area contributed by atoms with Crippen LogP contribution in [-0.4, -0.2) is 28.6 Å². The molecule has 0 aromatic carbocycles. The second kappa shape index (κ2) is 7.10. The average Bonchev–Trinajstić information content (AvgIpc) is 3.21. The summed E-state index contributed by atoms with van der Waals surface area (Å²) in [5.41, 5.74) is 6.44. The number of imide groups is 1. The summed E-state index contributed by atoms with van der Waals surface area (Å²) in [5, 5.41) is 2.71. The van der Waals surface area contributed by atoms with E-state index in [-0.39, 0.29) is 0 Å². The van der Waals surface area contributed by atoms with Gasteiger partial charge in [0.1, 0.15) is 5.00 Å². The molecule has 1 aliphatic carbocycles. The number of carbonyl (C=O) groups excluding carboxylic acids is 3. The Morgan fingerprint density at radius 1 is 1.24 bits per heavy atom. The highest BCUT2D eigenvalue weighted by Gasteiger charge is 2.29. The summed E-state index contributed by atoms with van der Waals surface area (Å²) in [6.45, 7) is 1.41. The van der Waals surface area contributed by atoms with Gasteiger partial charge < -0.3 is 15.0 Å². The molecule has 0 fully saturated rings. The van der Waals surface area contributed by atoms with Crippen molar-refractivity contribution in [2.24, 2.45) is 5.73 Å². The summed E-state index contributed by atoms with van der Waals surface area (Å²) in [6, 6.07) is 2.79. The number of hydrogen-bond acceptors (Lipinski definition) is 5. The van der Waals surface area contributed by atoms with Crippen LogP contribution in [0.25, 0.3) is 5.00 Å². The number of rotatable bonds is 4. The maximum atomic E-state index is 12.8. The fraction of sp³-hybridized carbons (Fsp3) is 0.353. The van der Waals surface area contributed by atoms with Gasteiger partial charge in [0.2, 0.25) is 0 Å². The minimum Gasteiger partial charge on any atom is -0.449 e. The number of aromatic nitrogens is 1. The largest absolute Gasteiger partial charge is 0.449 e. The molecule has 0 saturated carbocycles. The van der Waals surface area contributed by atoms with Crippen LogP contribution in [0.15, 0.2) is 24.5 Å². The Kier molecular flexibility index (Phi) is 4.89. The number of primary amides is 1. The molecule has 2 heterocycles. The smallest absolute Gasteiger partial charge is 0.342 e.